The number of urea groups is 1. The van der Waals surface area contributed by atoms with Gasteiger partial charge >= 0.3 is 6.03 Å². The summed E-state index contributed by atoms with van der Waals surface area (Å²) in [6.07, 6.45) is 0. The third kappa shape index (κ3) is 3.88. The molecule has 0 radical (unpaired) electrons. The van der Waals surface area contributed by atoms with Crippen LogP contribution in [0.5, 0.6) is 0 Å². The van der Waals surface area contributed by atoms with Gasteiger partial charge in [0, 0.05) is 0 Å². The van der Waals surface area contributed by atoms with Crippen LogP contribution < -0.4 is 10.6 Å². The number of benzene rings is 1. The highest BCUT2D eigenvalue weighted by atomic mass is 35.5. The summed E-state index contributed by atoms with van der Waals surface area (Å²) in [6.45, 7) is 2.31. The van der Waals surface area contributed by atoms with Crippen molar-refractivity contribution >= 4 is 46.9 Å². The molecule has 0 spiro atoms. The van der Waals surface area contributed by atoms with Crippen LogP contribution >= 0.6 is 23.2 Å². The number of hydrogen-bond acceptors (Lipinski definition) is 4. The average molecular weight is 443 g/mol. The van der Waals surface area contributed by atoms with Crippen LogP contribution in [-0.2, 0) is 15.1 Å². The Morgan fingerprint density at radius 3 is 2.55 bits per heavy atom. The molecule has 1 unspecified atom stereocenters. The molecule has 0 aliphatic carbocycles. The largest absolute Gasteiger partial charge is 0.325 e. The van der Waals surface area contributed by atoms with Crippen molar-refractivity contribution in [1.29, 1.82) is 0 Å². The van der Waals surface area contributed by atoms with Crippen molar-refractivity contribution in [3.05, 3.63) is 57.2 Å². The van der Waals surface area contributed by atoms with E-state index in [-0.39, 0.29) is 16.4 Å². The molecule has 152 valence electrons. The number of imide groups is 1. The second-order valence-electron chi connectivity index (χ2n) is 6.51. The molecule has 1 aromatic carbocycles. The number of aryl methyl sites for hydroxylation is 1. The van der Waals surface area contributed by atoms with Crippen LogP contribution in [-0.4, -0.2) is 34.3 Å². The number of rotatable bonds is 4. The molecule has 7 nitrogen and oxygen atoms in total. The van der Waals surface area contributed by atoms with E-state index in [2.05, 4.69) is 15.6 Å². The van der Waals surface area contributed by atoms with E-state index in [4.69, 9.17) is 23.2 Å². The monoisotopic (exact) mass is 442 g/mol. The number of nitrogens with zero attached hydrogens (tertiary/aromatic N) is 2. The number of hydrogen-bond donors (Lipinski definition) is 2. The van der Waals surface area contributed by atoms with Gasteiger partial charge in [-0.15, -0.1) is 0 Å². The van der Waals surface area contributed by atoms with E-state index in [1.54, 1.807) is 6.92 Å². The lowest BCUT2D eigenvalue weighted by Crippen LogP contribution is -2.42. The summed E-state index contributed by atoms with van der Waals surface area (Å²) in [5.74, 6) is -3.77. The maximum atomic E-state index is 13.6. The van der Waals surface area contributed by atoms with Crippen molar-refractivity contribution in [2.45, 2.75) is 19.4 Å². The van der Waals surface area contributed by atoms with E-state index in [9.17, 15) is 23.2 Å². The number of anilines is 1. The highest BCUT2D eigenvalue weighted by molar-refractivity contribution is 6.36. The first kappa shape index (κ1) is 20.9. The first-order valence-electron chi connectivity index (χ1n) is 8.25. The summed E-state index contributed by atoms with van der Waals surface area (Å²) in [6, 6.07) is 3.39. The van der Waals surface area contributed by atoms with E-state index in [1.807, 2.05) is 0 Å². The first-order valence-corrected chi connectivity index (χ1v) is 9.00. The molecule has 11 heteroatoms. The van der Waals surface area contributed by atoms with Crippen LogP contribution in [0.2, 0.25) is 10.0 Å². The Labute approximate surface area is 174 Å². The van der Waals surface area contributed by atoms with Crippen LogP contribution in [0, 0.1) is 18.6 Å². The molecule has 0 bridgehead atoms. The summed E-state index contributed by atoms with van der Waals surface area (Å²) in [5.41, 5.74) is -1.19. The summed E-state index contributed by atoms with van der Waals surface area (Å²) in [7, 11) is 0. The molecule has 2 N–H and O–H groups in total. The van der Waals surface area contributed by atoms with Gasteiger partial charge in [-0.3, -0.25) is 14.5 Å². The minimum Gasteiger partial charge on any atom is -0.319 e. The topological polar surface area (TPSA) is 91.4 Å². The summed E-state index contributed by atoms with van der Waals surface area (Å²) < 4.78 is 26.8. The molecule has 1 aliphatic rings. The number of carbonyl (C=O) groups excluding carboxylic acids is 3. The van der Waals surface area contributed by atoms with Gasteiger partial charge in [-0.2, -0.15) is 0 Å². The molecule has 29 heavy (non-hydrogen) atoms. The predicted octanol–water partition coefficient (Wildman–Crippen LogP) is 3.38. The highest BCUT2D eigenvalue weighted by Gasteiger charge is 2.49. The fraction of sp³-hybridized carbons (Fsp3) is 0.222. The molecule has 0 saturated carbocycles. The Bertz CT molecular complexity index is 1050. The number of aromatic nitrogens is 1. The van der Waals surface area contributed by atoms with Crippen LogP contribution in [0.1, 0.15) is 18.2 Å². The SMILES string of the molecule is Cc1nc(NC(=O)CN2C(=O)NC(C)(c3ccc(F)c(F)c3)C2=O)c(Cl)cc1Cl. The molecule has 1 saturated heterocycles. The number of carbonyl (C=O) groups is 3. The zero-order valence-corrected chi connectivity index (χ0v) is 16.7. The first-order chi connectivity index (χ1) is 13.5. The lowest BCUT2D eigenvalue weighted by Gasteiger charge is -2.22. The Morgan fingerprint density at radius 2 is 1.90 bits per heavy atom. The van der Waals surface area contributed by atoms with E-state index in [0.29, 0.717) is 15.6 Å². The fourth-order valence-corrected chi connectivity index (χ4v) is 3.21. The van der Waals surface area contributed by atoms with E-state index >= 15 is 0 Å². The number of pyridine rings is 1. The van der Waals surface area contributed by atoms with Gasteiger partial charge in [-0.25, -0.2) is 18.6 Å². The van der Waals surface area contributed by atoms with Gasteiger partial charge < -0.3 is 10.6 Å². The van der Waals surface area contributed by atoms with Crippen molar-refractivity contribution in [3.63, 3.8) is 0 Å². The van der Waals surface area contributed by atoms with Gasteiger partial charge in [-0.1, -0.05) is 29.3 Å². The molecule has 1 aromatic heterocycles. The van der Waals surface area contributed by atoms with Gasteiger partial charge in [0.15, 0.2) is 17.5 Å². The molecular weight excluding hydrogens is 429 g/mol. The summed E-state index contributed by atoms with van der Waals surface area (Å²) >= 11 is 11.9. The predicted molar refractivity (Wildman–Crippen MR) is 102 cm³/mol. The molecule has 4 amide bonds. The number of halogens is 4. The summed E-state index contributed by atoms with van der Waals surface area (Å²) in [4.78, 5) is 42.1. The van der Waals surface area contributed by atoms with Gasteiger partial charge in [0.05, 0.1) is 15.7 Å². The zero-order chi connectivity index (χ0) is 21.5. The molecule has 3 rings (SSSR count). The number of amides is 4. The standard InChI is InChI=1S/C18H14Cl2F2N4O3/c1-8-10(19)6-11(20)15(23-8)24-14(27)7-26-16(28)18(2,25-17(26)29)9-3-4-12(21)13(22)5-9/h3-6H,7H2,1-2H3,(H,25,29)(H,23,24,27). The summed E-state index contributed by atoms with van der Waals surface area (Å²) in [5, 5.41) is 5.20. The van der Waals surface area contributed by atoms with Crippen molar-refractivity contribution in [2.75, 3.05) is 11.9 Å². The second-order valence-corrected chi connectivity index (χ2v) is 7.32. The minimum atomic E-state index is -1.65. The van der Waals surface area contributed by atoms with E-state index < -0.39 is 41.6 Å². The molecular formula is C18H14Cl2F2N4O3. The molecule has 1 fully saturated rings. The van der Waals surface area contributed by atoms with Crippen molar-refractivity contribution in [1.82, 2.24) is 15.2 Å². The van der Waals surface area contributed by atoms with E-state index in [1.165, 1.54) is 19.1 Å². The van der Waals surface area contributed by atoms with Gasteiger partial charge in [-0.05, 0) is 37.6 Å². The molecule has 2 aromatic rings. The zero-order valence-electron chi connectivity index (χ0n) is 15.1. The van der Waals surface area contributed by atoms with Crippen LogP contribution in [0.15, 0.2) is 24.3 Å². The van der Waals surface area contributed by atoms with Gasteiger partial charge in [0.25, 0.3) is 5.91 Å². The molecule has 2 heterocycles. The van der Waals surface area contributed by atoms with Gasteiger partial charge in [0.1, 0.15) is 12.1 Å². The molecule has 1 atom stereocenters. The maximum Gasteiger partial charge on any atom is 0.325 e. The lowest BCUT2D eigenvalue weighted by atomic mass is 9.92. The van der Waals surface area contributed by atoms with E-state index in [0.717, 1.165) is 12.1 Å². The lowest BCUT2D eigenvalue weighted by molar-refractivity contribution is -0.133. The van der Waals surface area contributed by atoms with Crippen molar-refractivity contribution in [3.8, 4) is 0 Å². The normalized spacial score (nSPS) is 18.8. The Hall–Kier alpha value is -2.78. The fourth-order valence-electron chi connectivity index (χ4n) is 2.80. The van der Waals surface area contributed by atoms with Crippen molar-refractivity contribution in [2.24, 2.45) is 0 Å². The van der Waals surface area contributed by atoms with Crippen molar-refractivity contribution < 1.29 is 23.2 Å². The Balaban J connectivity index is 1.79. The average Bonchev–Trinajstić information content (AvgIpc) is 2.86. The Kier molecular flexibility index (Phi) is 5.46. The highest BCUT2D eigenvalue weighted by Crippen LogP contribution is 2.30. The third-order valence-electron chi connectivity index (χ3n) is 4.44. The van der Waals surface area contributed by atoms with Crippen LogP contribution in [0.3, 0.4) is 0 Å². The third-order valence-corrected chi connectivity index (χ3v) is 5.11. The minimum absolute atomic E-state index is 0.0222. The van der Waals surface area contributed by atoms with Gasteiger partial charge in [0.2, 0.25) is 5.91 Å². The molecule has 1 aliphatic heterocycles. The second kappa shape index (κ2) is 7.57. The van der Waals surface area contributed by atoms with Crippen LogP contribution in [0.25, 0.3) is 0 Å². The smallest absolute Gasteiger partial charge is 0.319 e. The Morgan fingerprint density at radius 1 is 1.21 bits per heavy atom. The maximum absolute atomic E-state index is 13.6. The number of nitrogens with one attached hydrogen (secondary N) is 2. The van der Waals surface area contributed by atoms with Crippen LogP contribution in [0.4, 0.5) is 19.4 Å². The quantitative estimate of drug-likeness (QED) is 0.709.